The van der Waals surface area contributed by atoms with Gasteiger partial charge < -0.3 is 10.2 Å². The van der Waals surface area contributed by atoms with Crippen molar-refractivity contribution in [3.05, 3.63) is 70.8 Å². The van der Waals surface area contributed by atoms with E-state index in [9.17, 15) is 31.1 Å². The molecule has 202 valence electrons. The topological polar surface area (TPSA) is 35.6 Å². The standard InChI is InChI=1S/C27H31F6N3O/c28-26(29,30)21-15-19(16-22(17-21)27(31,32)33)18-34-25(37)24(20-7-3-1-4-8-20)36-13-9-23(10-14-36)35-11-5-2-6-12-35/h1,3-4,7-8,15-17,23-24H,2,5-6,9-14,18H2,(H,34,37). The quantitative estimate of drug-likeness (QED) is 0.466. The van der Waals surface area contributed by atoms with Gasteiger partial charge in [-0.1, -0.05) is 36.8 Å². The van der Waals surface area contributed by atoms with Crippen LogP contribution in [0.25, 0.3) is 0 Å². The molecule has 2 heterocycles. The molecular formula is C27H31F6N3O. The van der Waals surface area contributed by atoms with E-state index in [0.717, 1.165) is 31.5 Å². The molecule has 2 aliphatic rings. The maximum absolute atomic E-state index is 13.4. The van der Waals surface area contributed by atoms with Crippen LogP contribution in [0.2, 0.25) is 0 Å². The Kier molecular flexibility index (Phi) is 8.48. The second-order valence-corrected chi connectivity index (χ2v) is 9.81. The van der Waals surface area contributed by atoms with Crippen molar-refractivity contribution in [2.24, 2.45) is 0 Å². The average Bonchev–Trinajstić information content (AvgIpc) is 2.88. The minimum Gasteiger partial charge on any atom is -0.350 e. The zero-order chi connectivity index (χ0) is 26.6. The first-order chi connectivity index (χ1) is 17.5. The average molecular weight is 528 g/mol. The van der Waals surface area contributed by atoms with Crippen molar-refractivity contribution in [2.75, 3.05) is 26.2 Å². The van der Waals surface area contributed by atoms with Gasteiger partial charge >= 0.3 is 12.4 Å². The molecule has 10 heteroatoms. The van der Waals surface area contributed by atoms with E-state index < -0.39 is 42.0 Å². The number of rotatable bonds is 6. The number of likely N-dealkylation sites (tertiary alicyclic amines) is 2. The molecule has 2 fully saturated rings. The number of amides is 1. The van der Waals surface area contributed by atoms with Gasteiger partial charge in [-0.3, -0.25) is 9.69 Å². The molecule has 37 heavy (non-hydrogen) atoms. The lowest BCUT2D eigenvalue weighted by atomic mass is 9.96. The third-order valence-corrected chi connectivity index (χ3v) is 7.25. The van der Waals surface area contributed by atoms with Crippen LogP contribution in [0, 0.1) is 0 Å². The molecule has 4 rings (SSSR count). The van der Waals surface area contributed by atoms with Crippen LogP contribution >= 0.6 is 0 Å². The molecule has 0 radical (unpaired) electrons. The number of hydrogen-bond acceptors (Lipinski definition) is 3. The summed E-state index contributed by atoms with van der Waals surface area (Å²) in [5, 5.41) is 2.60. The zero-order valence-corrected chi connectivity index (χ0v) is 20.4. The molecule has 1 amide bonds. The normalized spacial score (nSPS) is 19.5. The van der Waals surface area contributed by atoms with Crippen LogP contribution in [0.3, 0.4) is 0 Å². The Morgan fingerprint density at radius 3 is 1.95 bits per heavy atom. The Bertz CT molecular complexity index is 1010. The Morgan fingerprint density at radius 2 is 1.41 bits per heavy atom. The molecule has 2 aromatic carbocycles. The molecule has 0 bridgehead atoms. The SMILES string of the molecule is O=C(NCc1cc(C(F)(F)F)cc(C(F)(F)F)c1)C(c1ccccc1)N1CCC(N2CCCCC2)CC1. The van der Waals surface area contributed by atoms with Crippen molar-refractivity contribution >= 4 is 5.91 Å². The first-order valence-electron chi connectivity index (χ1n) is 12.6. The fraction of sp³-hybridized carbons (Fsp3) is 0.519. The van der Waals surface area contributed by atoms with Gasteiger partial charge in [-0.2, -0.15) is 26.3 Å². The number of benzene rings is 2. The molecular weight excluding hydrogens is 496 g/mol. The first kappa shape index (κ1) is 27.4. The first-order valence-corrected chi connectivity index (χ1v) is 12.6. The Balaban J connectivity index is 1.49. The van der Waals surface area contributed by atoms with Crippen molar-refractivity contribution in [1.82, 2.24) is 15.1 Å². The van der Waals surface area contributed by atoms with Gasteiger partial charge in [-0.15, -0.1) is 0 Å². The van der Waals surface area contributed by atoms with Crippen LogP contribution in [0.1, 0.15) is 60.4 Å². The number of piperidine rings is 2. The molecule has 1 N–H and O–H groups in total. The van der Waals surface area contributed by atoms with E-state index in [2.05, 4.69) is 15.1 Å². The number of hydrogen-bond donors (Lipinski definition) is 1. The Hall–Kier alpha value is -2.59. The summed E-state index contributed by atoms with van der Waals surface area (Å²) in [5.41, 5.74) is -2.32. The maximum Gasteiger partial charge on any atom is 0.416 e. The predicted molar refractivity (Wildman–Crippen MR) is 127 cm³/mol. The van der Waals surface area contributed by atoms with Gasteiger partial charge in [0.2, 0.25) is 5.91 Å². The van der Waals surface area contributed by atoms with Crippen molar-refractivity contribution < 1.29 is 31.1 Å². The lowest BCUT2D eigenvalue weighted by Crippen LogP contribution is -2.49. The lowest BCUT2D eigenvalue weighted by molar-refractivity contribution is -0.143. The summed E-state index contributed by atoms with van der Waals surface area (Å²) >= 11 is 0. The highest BCUT2D eigenvalue weighted by Crippen LogP contribution is 2.36. The smallest absolute Gasteiger partial charge is 0.350 e. The molecule has 1 unspecified atom stereocenters. The van der Waals surface area contributed by atoms with Crippen molar-refractivity contribution in [2.45, 2.75) is 63.1 Å². The van der Waals surface area contributed by atoms with Crippen molar-refractivity contribution in [3.63, 3.8) is 0 Å². The second kappa shape index (κ2) is 11.4. The third kappa shape index (κ3) is 7.04. The van der Waals surface area contributed by atoms with Crippen molar-refractivity contribution in [3.8, 4) is 0 Å². The number of halogens is 6. The predicted octanol–water partition coefficient (Wildman–Crippen LogP) is 6.03. The van der Waals surface area contributed by atoms with E-state index in [0.29, 0.717) is 31.3 Å². The van der Waals surface area contributed by atoms with Crippen LogP contribution in [-0.4, -0.2) is 47.9 Å². The summed E-state index contributed by atoms with van der Waals surface area (Å²) in [4.78, 5) is 17.9. The van der Waals surface area contributed by atoms with Crippen LogP contribution in [0.4, 0.5) is 26.3 Å². The van der Waals surface area contributed by atoms with Crippen LogP contribution in [0.5, 0.6) is 0 Å². The van der Waals surface area contributed by atoms with Crippen molar-refractivity contribution in [1.29, 1.82) is 0 Å². The van der Waals surface area contributed by atoms with E-state index in [1.807, 2.05) is 18.2 Å². The van der Waals surface area contributed by atoms with E-state index in [1.165, 1.54) is 19.3 Å². The van der Waals surface area contributed by atoms with E-state index >= 15 is 0 Å². The van der Waals surface area contributed by atoms with E-state index in [4.69, 9.17) is 0 Å². The summed E-state index contributed by atoms with van der Waals surface area (Å²) in [7, 11) is 0. The minimum absolute atomic E-state index is 0.0879. The Labute approximate surface area is 212 Å². The maximum atomic E-state index is 13.4. The lowest BCUT2D eigenvalue weighted by Gasteiger charge is -2.42. The van der Waals surface area contributed by atoms with Gasteiger partial charge in [-0.25, -0.2) is 0 Å². The third-order valence-electron chi connectivity index (χ3n) is 7.25. The van der Waals surface area contributed by atoms with E-state index in [-0.39, 0.29) is 11.6 Å². The summed E-state index contributed by atoms with van der Waals surface area (Å²) < 4.78 is 79.4. The number of carbonyl (C=O) groups excluding carboxylic acids is 1. The second-order valence-electron chi connectivity index (χ2n) is 9.81. The number of nitrogens with one attached hydrogen (secondary N) is 1. The fourth-order valence-electron chi connectivity index (χ4n) is 5.36. The summed E-state index contributed by atoms with van der Waals surface area (Å²) in [5.74, 6) is -0.450. The molecule has 2 aromatic rings. The van der Waals surface area contributed by atoms with Gasteiger partial charge in [0.25, 0.3) is 0 Å². The van der Waals surface area contributed by atoms with Crippen LogP contribution in [-0.2, 0) is 23.7 Å². The largest absolute Gasteiger partial charge is 0.416 e. The summed E-state index contributed by atoms with van der Waals surface area (Å²) in [6.45, 7) is 3.08. The number of nitrogens with zero attached hydrogens (tertiary/aromatic N) is 2. The fourth-order valence-corrected chi connectivity index (χ4v) is 5.36. The van der Waals surface area contributed by atoms with Gasteiger partial charge in [0.05, 0.1) is 11.1 Å². The van der Waals surface area contributed by atoms with Gasteiger partial charge in [0.15, 0.2) is 0 Å². The highest BCUT2D eigenvalue weighted by atomic mass is 19.4. The highest BCUT2D eigenvalue weighted by Gasteiger charge is 2.37. The minimum atomic E-state index is -4.94. The molecule has 2 aliphatic heterocycles. The highest BCUT2D eigenvalue weighted by molar-refractivity contribution is 5.83. The molecule has 0 aromatic heterocycles. The molecule has 1 atom stereocenters. The molecule has 2 saturated heterocycles. The zero-order valence-electron chi connectivity index (χ0n) is 20.4. The molecule has 4 nitrogen and oxygen atoms in total. The molecule has 0 saturated carbocycles. The van der Waals surface area contributed by atoms with Crippen LogP contribution in [0.15, 0.2) is 48.5 Å². The summed E-state index contributed by atoms with van der Waals surface area (Å²) in [6, 6.07) is 10.2. The number of carbonyl (C=O) groups is 1. The Morgan fingerprint density at radius 1 is 0.838 bits per heavy atom. The molecule has 0 spiro atoms. The van der Waals surface area contributed by atoms with E-state index in [1.54, 1.807) is 12.1 Å². The van der Waals surface area contributed by atoms with Gasteiger partial charge in [-0.05, 0) is 68.1 Å². The van der Waals surface area contributed by atoms with Gasteiger partial charge in [0.1, 0.15) is 6.04 Å². The molecule has 0 aliphatic carbocycles. The summed E-state index contributed by atoms with van der Waals surface area (Å²) in [6.07, 6.45) is -4.43. The number of alkyl halides is 6. The monoisotopic (exact) mass is 527 g/mol. The van der Waals surface area contributed by atoms with Crippen LogP contribution < -0.4 is 5.32 Å². The van der Waals surface area contributed by atoms with Gasteiger partial charge in [0, 0.05) is 25.7 Å².